The van der Waals surface area contributed by atoms with Gasteiger partial charge in [-0.05, 0) is 74.3 Å². The Morgan fingerprint density at radius 2 is 0.873 bits per heavy atom. The highest BCUT2D eigenvalue weighted by molar-refractivity contribution is 9.10. The third-order valence-corrected chi connectivity index (χ3v) is 6.60. The minimum Gasteiger partial charge on any atom is -0.508 e. The molecule has 0 atom stereocenters. The lowest BCUT2D eigenvalue weighted by Crippen LogP contribution is -2.31. The maximum absolute atomic E-state index is 11.9. The van der Waals surface area contributed by atoms with Crippen molar-refractivity contribution in [2.45, 2.75) is 25.4 Å². The van der Waals surface area contributed by atoms with E-state index < -0.39 is 49.8 Å². The number of aromatic hydroxyl groups is 2. The summed E-state index contributed by atoms with van der Waals surface area (Å²) in [5.74, 6) is -2.07. The van der Waals surface area contributed by atoms with Gasteiger partial charge in [0.2, 0.25) is 0 Å². The van der Waals surface area contributed by atoms with Crippen molar-refractivity contribution in [1.29, 1.82) is 0 Å². The van der Waals surface area contributed by atoms with Crippen LogP contribution in [-0.4, -0.2) is 67.0 Å². The molecule has 0 heterocycles. The molecular formula is C30H23BBr2F12O10. The molecular weight excluding hydrogens is 919 g/mol. The minimum absolute atomic E-state index is 0.0444. The largest absolute Gasteiger partial charge is 0.573 e. The lowest BCUT2D eigenvalue weighted by Gasteiger charge is -2.12. The van der Waals surface area contributed by atoms with E-state index in [-0.39, 0.29) is 34.2 Å². The third-order valence-electron chi connectivity index (χ3n) is 5.28. The van der Waals surface area contributed by atoms with Crippen molar-refractivity contribution in [3.05, 3.63) is 87.8 Å². The monoisotopic (exact) mass is 940 g/mol. The van der Waals surface area contributed by atoms with Crippen LogP contribution in [0.3, 0.4) is 0 Å². The number of rotatable bonds is 7. The Kier molecular flexibility index (Phi) is 18.4. The average molecular weight is 942 g/mol. The first-order chi connectivity index (χ1) is 25.1. The summed E-state index contributed by atoms with van der Waals surface area (Å²) >= 11 is 6.03. The Hall–Kier alpha value is -4.62. The summed E-state index contributed by atoms with van der Waals surface area (Å²) in [4.78, 5) is 0. The molecule has 4 aromatic rings. The summed E-state index contributed by atoms with van der Waals surface area (Å²) in [6.07, 6.45) is -18.9. The molecule has 4 aromatic carbocycles. The molecule has 0 spiro atoms. The molecule has 4 N–H and O–H groups in total. The zero-order chi connectivity index (χ0) is 42.4. The molecule has 0 saturated heterocycles. The number of phenolic OH excluding ortho intramolecular Hbond substituents is 2. The molecule has 0 fully saturated rings. The van der Waals surface area contributed by atoms with Crippen LogP contribution in [0.4, 0.5) is 52.7 Å². The molecule has 0 amide bonds. The summed E-state index contributed by atoms with van der Waals surface area (Å²) in [5.41, 5.74) is -0.0444. The average Bonchev–Trinajstić information content (AvgIpc) is 3.01. The number of benzene rings is 4. The lowest BCUT2D eigenvalue weighted by atomic mass is 9.79. The van der Waals surface area contributed by atoms with Crippen LogP contribution >= 0.6 is 31.9 Å². The summed E-state index contributed by atoms with van der Waals surface area (Å²) in [5, 5.41) is 35.5. The standard InChI is InChI=1S/C8H8BF3O4.C8H6BrF3O2.C7H4BrF3O2.C7H5F3O2/c1-15-7-4-5(16-8(10,11)12)2-3-6(7)9(13)14;1-13-7-4-5(2-3-6(7)9)14-8(10,11)12;8-5-2-1-4(3-6(5)12)13-7(9,10)11;8-7(9,10)12-6-3-1-2-5(11)4-6/h2-4,13-14H,1H3;2-4H,1H3;1-3,12H;1-4,11H. The maximum atomic E-state index is 11.9. The Morgan fingerprint density at radius 3 is 1.25 bits per heavy atom. The van der Waals surface area contributed by atoms with Gasteiger partial charge in [0, 0.05) is 29.7 Å². The molecule has 0 bridgehead atoms. The Bertz CT molecular complexity index is 1790. The fraction of sp³-hybridized carbons (Fsp3) is 0.200. The number of ether oxygens (including phenoxy) is 6. The van der Waals surface area contributed by atoms with E-state index in [4.69, 9.17) is 29.7 Å². The quantitative estimate of drug-likeness (QED) is 0.105. The van der Waals surface area contributed by atoms with Gasteiger partial charge in [0.25, 0.3) is 0 Å². The molecule has 25 heteroatoms. The number of methoxy groups -OCH3 is 2. The summed E-state index contributed by atoms with van der Waals surface area (Å²) in [7, 11) is 0.727. The van der Waals surface area contributed by atoms with Gasteiger partial charge in [0.1, 0.15) is 46.0 Å². The van der Waals surface area contributed by atoms with Crippen LogP contribution < -0.4 is 33.9 Å². The van der Waals surface area contributed by atoms with Crippen LogP contribution in [0.25, 0.3) is 0 Å². The second-order valence-corrected chi connectivity index (χ2v) is 11.1. The van der Waals surface area contributed by atoms with Gasteiger partial charge < -0.3 is 48.7 Å². The van der Waals surface area contributed by atoms with Crippen molar-refractivity contribution < 1.29 is 101 Å². The van der Waals surface area contributed by atoms with Crippen LogP contribution in [-0.2, 0) is 0 Å². The minimum atomic E-state index is -4.80. The summed E-state index contributed by atoms with van der Waals surface area (Å²) in [6.45, 7) is 0. The van der Waals surface area contributed by atoms with Gasteiger partial charge in [0.15, 0.2) is 0 Å². The molecule has 0 radical (unpaired) electrons. The molecule has 0 aliphatic rings. The molecule has 0 saturated carbocycles. The van der Waals surface area contributed by atoms with Gasteiger partial charge in [0.05, 0.1) is 23.2 Å². The number of phenols is 2. The van der Waals surface area contributed by atoms with E-state index in [2.05, 4.69) is 50.8 Å². The topological polar surface area (TPSA) is 136 Å². The van der Waals surface area contributed by atoms with E-state index in [9.17, 15) is 52.7 Å². The van der Waals surface area contributed by atoms with Crippen LogP contribution in [0.1, 0.15) is 0 Å². The fourth-order valence-corrected chi connectivity index (χ4v) is 3.96. The Labute approximate surface area is 318 Å². The highest BCUT2D eigenvalue weighted by Crippen LogP contribution is 2.33. The third kappa shape index (κ3) is 21.2. The van der Waals surface area contributed by atoms with Crippen molar-refractivity contribution in [2.75, 3.05) is 14.2 Å². The van der Waals surface area contributed by atoms with Crippen LogP contribution in [0, 0.1) is 0 Å². The van der Waals surface area contributed by atoms with Crippen molar-refractivity contribution in [1.82, 2.24) is 0 Å². The zero-order valence-electron chi connectivity index (χ0n) is 27.1. The van der Waals surface area contributed by atoms with Gasteiger partial charge in [-0.3, -0.25) is 0 Å². The zero-order valence-corrected chi connectivity index (χ0v) is 30.3. The van der Waals surface area contributed by atoms with Gasteiger partial charge in [-0.25, -0.2) is 0 Å². The van der Waals surface area contributed by atoms with E-state index in [0.29, 0.717) is 8.95 Å². The number of halogens is 14. The highest BCUT2D eigenvalue weighted by Gasteiger charge is 2.33. The van der Waals surface area contributed by atoms with Gasteiger partial charge >= 0.3 is 32.6 Å². The molecule has 0 aliphatic heterocycles. The second-order valence-electron chi connectivity index (χ2n) is 9.38. The Morgan fingerprint density at radius 1 is 0.491 bits per heavy atom. The van der Waals surface area contributed by atoms with Crippen LogP contribution in [0.15, 0.2) is 87.8 Å². The van der Waals surface area contributed by atoms with E-state index in [0.717, 1.165) is 48.5 Å². The van der Waals surface area contributed by atoms with E-state index in [1.165, 1.54) is 44.6 Å². The summed E-state index contributed by atoms with van der Waals surface area (Å²) < 4.78 is 165. The number of alkyl halides is 12. The first kappa shape index (κ1) is 48.4. The van der Waals surface area contributed by atoms with E-state index >= 15 is 0 Å². The normalized spacial score (nSPS) is 11.2. The van der Waals surface area contributed by atoms with Crippen molar-refractivity contribution in [2.24, 2.45) is 0 Å². The molecule has 0 unspecified atom stereocenters. The maximum Gasteiger partial charge on any atom is 0.573 e. The van der Waals surface area contributed by atoms with Crippen LogP contribution in [0.2, 0.25) is 0 Å². The van der Waals surface area contributed by atoms with Gasteiger partial charge in [-0.2, -0.15) is 0 Å². The molecule has 0 aromatic heterocycles. The molecule has 304 valence electrons. The number of hydrogen-bond donors (Lipinski definition) is 4. The fourth-order valence-electron chi connectivity index (χ4n) is 3.31. The van der Waals surface area contributed by atoms with Gasteiger partial charge in [-0.15, -0.1) is 52.7 Å². The lowest BCUT2D eigenvalue weighted by molar-refractivity contribution is -0.275. The first-order valence-corrected chi connectivity index (χ1v) is 15.4. The predicted octanol–water partition coefficient (Wildman–Crippen LogP) is 8.97. The van der Waals surface area contributed by atoms with Gasteiger partial charge in [-0.1, -0.05) is 12.1 Å². The summed E-state index contributed by atoms with van der Waals surface area (Å²) in [6, 6.07) is 14.4. The smallest absolute Gasteiger partial charge is 0.508 e. The highest BCUT2D eigenvalue weighted by atomic mass is 79.9. The van der Waals surface area contributed by atoms with Crippen LogP contribution in [0.5, 0.6) is 46.0 Å². The predicted molar refractivity (Wildman–Crippen MR) is 174 cm³/mol. The first-order valence-electron chi connectivity index (χ1n) is 13.8. The SMILES string of the molecule is COc1cc(OC(F)(F)F)ccc1B(O)O.COc1cc(OC(F)(F)F)ccc1Br.Oc1cc(OC(F)(F)F)ccc1Br.Oc1cccc(OC(F)(F)F)c1. The number of hydrogen-bond acceptors (Lipinski definition) is 10. The van der Waals surface area contributed by atoms with E-state index in [1.54, 1.807) is 0 Å². The van der Waals surface area contributed by atoms with Crippen molar-refractivity contribution in [3.63, 3.8) is 0 Å². The molecule has 55 heavy (non-hydrogen) atoms. The molecule has 0 aliphatic carbocycles. The second kappa shape index (κ2) is 20.9. The molecule has 10 nitrogen and oxygen atoms in total. The molecule has 4 rings (SSSR count). The van der Waals surface area contributed by atoms with Crippen molar-refractivity contribution >= 4 is 44.4 Å². The van der Waals surface area contributed by atoms with Crippen molar-refractivity contribution in [3.8, 4) is 46.0 Å². The Balaban J connectivity index is 0.000000369. The van der Waals surface area contributed by atoms with E-state index in [1.807, 2.05) is 0 Å².